The number of carbonyl (C=O) groups excluding carboxylic acids is 1. The topological polar surface area (TPSA) is 73.0 Å². The third-order valence-corrected chi connectivity index (χ3v) is 8.22. The van der Waals surface area contributed by atoms with Gasteiger partial charge < -0.3 is 10.2 Å². The molecule has 0 radical (unpaired) electrons. The van der Waals surface area contributed by atoms with E-state index in [1.165, 1.54) is 41.2 Å². The molecule has 0 saturated carbocycles. The number of nitrogens with one attached hydrogen (secondary N) is 1. The minimum absolute atomic E-state index is 0.0740. The van der Waals surface area contributed by atoms with Gasteiger partial charge in [-0.05, 0) is 56.2 Å². The van der Waals surface area contributed by atoms with Crippen LogP contribution in [0.4, 0.5) is 5.69 Å². The van der Waals surface area contributed by atoms with Crippen LogP contribution in [0, 0.1) is 11.8 Å². The maximum absolute atomic E-state index is 12.8. The van der Waals surface area contributed by atoms with E-state index in [2.05, 4.69) is 41.4 Å². The maximum Gasteiger partial charge on any atom is 0.281 e. The van der Waals surface area contributed by atoms with Gasteiger partial charge in [-0.3, -0.25) is 4.79 Å². The minimum Gasteiger partial charge on any atom is -0.371 e. The molecule has 0 unspecified atom stereocenters. The Bertz CT molecular complexity index is 825. The van der Waals surface area contributed by atoms with Crippen molar-refractivity contribution >= 4 is 21.8 Å². The van der Waals surface area contributed by atoms with E-state index in [9.17, 15) is 13.2 Å². The van der Waals surface area contributed by atoms with E-state index in [1.54, 1.807) is 0 Å². The van der Waals surface area contributed by atoms with Gasteiger partial charge >= 0.3 is 0 Å². The molecule has 7 nitrogen and oxygen atoms in total. The second kappa shape index (κ2) is 9.66. The lowest BCUT2D eigenvalue weighted by Crippen LogP contribution is -2.49. The Morgan fingerprint density at radius 2 is 1.77 bits per heavy atom. The molecule has 0 aliphatic carbocycles. The lowest BCUT2D eigenvalue weighted by atomic mass is 9.97. The van der Waals surface area contributed by atoms with Crippen LogP contribution >= 0.6 is 0 Å². The predicted molar refractivity (Wildman–Crippen MR) is 121 cm³/mol. The number of hydrogen-bond acceptors (Lipinski definition) is 4. The van der Waals surface area contributed by atoms with Crippen molar-refractivity contribution < 1.29 is 13.2 Å². The fourth-order valence-electron chi connectivity index (χ4n) is 4.41. The van der Waals surface area contributed by atoms with Crippen LogP contribution in [-0.4, -0.2) is 63.2 Å². The van der Waals surface area contributed by atoms with Gasteiger partial charge in [0.15, 0.2) is 0 Å². The highest BCUT2D eigenvalue weighted by atomic mass is 32.2. The Morgan fingerprint density at radius 3 is 2.40 bits per heavy atom. The van der Waals surface area contributed by atoms with E-state index in [-0.39, 0.29) is 24.4 Å². The Kier molecular flexibility index (Phi) is 7.42. The van der Waals surface area contributed by atoms with Crippen molar-refractivity contribution in [3.63, 3.8) is 0 Å². The molecular formula is C22H36N4O3S. The number of carbonyl (C=O) groups is 1. The Hall–Kier alpha value is -1.64. The molecule has 2 aliphatic rings. The fraction of sp³-hybridized carbons (Fsp3) is 0.682. The van der Waals surface area contributed by atoms with Crippen molar-refractivity contribution in [2.45, 2.75) is 45.6 Å². The summed E-state index contributed by atoms with van der Waals surface area (Å²) < 4.78 is 27.4. The molecule has 2 fully saturated rings. The van der Waals surface area contributed by atoms with Crippen LogP contribution in [0.25, 0.3) is 0 Å². The zero-order valence-electron chi connectivity index (χ0n) is 18.7. The summed E-state index contributed by atoms with van der Waals surface area (Å²) in [6.45, 7) is 7.19. The average Bonchev–Trinajstić information content (AvgIpc) is 2.73. The molecule has 0 spiro atoms. The SMILES string of the molecule is C[C@@H]1CCCN(c2ccc([C@@H](C)NC(=O)[C@H]3CCCN(S(=O)(=O)N(C)C)C3)cc2)C1. The molecule has 30 heavy (non-hydrogen) atoms. The van der Waals surface area contributed by atoms with Crippen LogP contribution in [0.3, 0.4) is 0 Å². The van der Waals surface area contributed by atoms with Gasteiger partial charge in [0.2, 0.25) is 5.91 Å². The molecule has 1 amide bonds. The lowest BCUT2D eigenvalue weighted by molar-refractivity contribution is -0.126. The van der Waals surface area contributed by atoms with Crippen LogP contribution in [0.5, 0.6) is 0 Å². The molecule has 1 aromatic carbocycles. The molecule has 3 rings (SSSR count). The molecule has 0 bridgehead atoms. The third-order valence-electron chi connectivity index (χ3n) is 6.32. The molecule has 1 aromatic rings. The standard InChI is InChI=1S/C22H36N4O3S/c1-17-7-5-13-25(15-17)21-11-9-19(10-12-21)18(2)23-22(27)20-8-6-14-26(16-20)30(28,29)24(3)4/h9-12,17-18,20H,5-8,13-16H2,1-4H3,(H,23,27)/t17-,18-,20+/m1/s1. The number of amides is 1. The van der Waals surface area contributed by atoms with Gasteiger partial charge in [0.1, 0.15) is 0 Å². The summed E-state index contributed by atoms with van der Waals surface area (Å²) >= 11 is 0. The van der Waals surface area contributed by atoms with Gasteiger partial charge in [-0.25, -0.2) is 0 Å². The molecule has 168 valence electrons. The van der Waals surface area contributed by atoms with E-state index in [1.807, 2.05) is 6.92 Å². The molecule has 2 aliphatic heterocycles. The van der Waals surface area contributed by atoms with Crippen LogP contribution in [0.2, 0.25) is 0 Å². The highest BCUT2D eigenvalue weighted by Gasteiger charge is 2.33. The van der Waals surface area contributed by atoms with Crippen molar-refractivity contribution in [2.75, 3.05) is 45.2 Å². The van der Waals surface area contributed by atoms with E-state index >= 15 is 0 Å². The summed E-state index contributed by atoms with van der Waals surface area (Å²) in [5.41, 5.74) is 2.30. The monoisotopic (exact) mass is 436 g/mol. The van der Waals surface area contributed by atoms with Crippen molar-refractivity contribution in [1.82, 2.24) is 13.9 Å². The van der Waals surface area contributed by atoms with Gasteiger partial charge in [-0.1, -0.05) is 19.1 Å². The molecule has 2 saturated heterocycles. The lowest BCUT2D eigenvalue weighted by Gasteiger charge is -2.33. The normalized spacial score (nSPS) is 24.6. The molecular weight excluding hydrogens is 400 g/mol. The van der Waals surface area contributed by atoms with Gasteiger partial charge in [-0.2, -0.15) is 17.0 Å². The number of anilines is 1. The first-order chi connectivity index (χ1) is 14.2. The summed E-state index contributed by atoms with van der Waals surface area (Å²) in [6, 6.07) is 8.34. The molecule has 3 atom stereocenters. The van der Waals surface area contributed by atoms with E-state index in [0.717, 1.165) is 24.6 Å². The highest BCUT2D eigenvalue weighted by molar-refractivity contribution is 7.86. The Morgan fingerprint density at radius 1 is 1.10 bits per heavy atom. The third kappa shape index (κ3) is 5.34. The molecule has 2 heterocycles. The largest absolute Gasteiger partial charge is 0.371 e. The van der Waals surface area contributed by atoms with Crippen molar-refractivity contribution in [3.8, 4) is 0 Å². The quantitative estimate of drug-likeness (QED) is 0.744. The molecule has 8 heteroatoms. The van der Waals surface area contributed by atoms with Crippen LogP contribution in [-0.2, 0) is 15.0 Å². The van der Waals surface area contributed by atoms with E-state index in [0.29, 0.717) is 19.4 Å². The van der Waals surface area contributed by atoms with Crippen molar-refractivity contribution in [3.05, 3.63) is 29.8 Å². The van der Waals surface area contributed by atoms with Crippen molar-refractivity contribution in [2.24, 2.45) is 11.8 Å². The summed E-state index contributed by atoms with van der Waals surface area (Å²) in [6.07, 6.45) is 3.94. The zero-order valence-corrected chi connectivity index (χ0v) is 19.5. The predicted octanol–water partition coefficient (Wildman–Crippen LogP) is 2.62. The van der Waals surface area contributed by atoms with Crippen LogP contribution < -0.4 is 10.2 Å². The van der Waals surface area contributed by atoms with Gasteiger partial charge in [0.05, 0.1) is 12.0 Å². The summed E-state index contributed by atoms with van der Waals surface area (Å²) in [7, 11) is -0.438. The molecule has 1 N–H and O–H groups in total. The summed E-state index contributed by atoms with van der Waals surface area (Å²) in [5, 5.41) is 3.09. The maximum atomic E-state index is 12.8. The van der Waals surface area contributed by atoms with Crippen LogP contribution in [0.15, 0.2) is 24.3 Å². The number of nitrogens with zero attached hydrogens (tertiary/aromatic N) is 3. The molecule has 0 aromatic heterocycles. The number of hydrogen-bond donors (Lipinski definition) is 1. The fourth-order valence-corrected chi connectivity index (χ4v) is 5.60. The second-order valence-corrected chi connectivity index (χ2v) is 11.1. The Labute approximate surface area is 181 Å². The van der Waals surface area contributed by atoms with Crippen LogP contribution in [0.1, 0.15) is 51.1 Å². The minimum atomic E-state index is -3.48. The highest BCUT2D eigenvalue weighted by Crippen LogP contribution is 2.25. The van der Waals surface area contributed by atoms with Crippen molar-refractivity contribution in [1.29, 1.82) is 0 Å². The zero-order chi connectivity index (χ0) is 21.9. The van der Waals surface area contributed by atoms with Gasteiger partial charge in [-0.15, -0.1) is 0 Å². The number of benzene rings is 1. The van der Waals surface area contributed by atoms with Gasteiger partial charge in [0.25, 0.3) is 10.2 Å². The Balaban J connectivity index is 1.58. The number of piperidine rings is 2. The average molecular weight is 437 g/mol. The van der Waals surface area contributed by atoms with E-state index < -0.39 is 10.2 Å². The smallest absolute Gasteiger partial charge is 0.281 e. The van der Waals surface area contributed by atoms with E-state index in [4.69, 9.17) is 0 Å². The second-order valence-electron chi connectivity index (χ2n) is 9.00. The van der Waals surface area contributed by atoms with Gasteiger partial charge in [0, 0.05) is 46.0 Å². The summed E-state index contributed by atoms with van der Waals surface area (Å²) in [4.78, 5) is 15.3. The first-order valence-electron chi connectivity index (χ1n) is 11.0. The first-order valence-corrected chi connectivity index (χ1v) is 12.4. The number of rotatable bonds is 6. The first kappa shape index (κ1) is 23.0. The summed E-state index contributed by atoms with van der Waals surface area (Å²) in [5.74, 6) is 0.336.